The van der Waals surface area contributed by atoms with E-state index in [-0.39, 0.29) is 12.8 Å². The standard InChI is InChI=1S/C37H36N2O6S4/c1-2-27(23-36-38(19-9-21-48(40,41)42)32-17-15-31(26-35(32)47-36)29-13-7-4-8-14-29)24-37-39(20-10-22-49(43,44)45)33-25-30(16-18-34(33)46-37)28-11-5-3-6-12-28/h3-8,11-18,23-26H,2,9-10,19-22H2,1H3,(H-,40,41,42,43,44,45)/p-1. The van der Waals surface area contributed by atoms with Crippen LogP contribution in [-0.2, 0) is 26.8 Å². The quantitative estimate of drug-likeness (QED) is 0.0895. The molecule has 0 aliphatic carbocycles. The molecule has 0 saturated carbocycles. The van der Waals surface area contributed by atoms with Gasteiger partial charge in [0.15, 0.2) is 6.54 Å². The Labute approximate surface area is 295 Å². The molecule has 0 fully saturated rings. The summed E-state index contributed by atoms with van der Waals surface area (Å²) in [4.78, 5) is 3.13. The fraction of sp³-hybridized carbons (Fsp3) is 0.216. The largest absolute Gasteiger partial charge is 0.748 e. The average molecular weight is 732 g/mol. The lowest BCUT2D eigenvalue weighted by Crippen LogP contribution is -2.36. The minimum absolute atomic E-state index is 0.187. The number of nitrogens with zero attached hydrogens (tertiary/aromatic N) is 2. The van der Waals surface area contributed by atoms with Crippen LogP contribution in [0.5, 0.6) is 0 Å². The van der Waals surface area contributed by atoms with Gasteiger partial charge in [-0.3, -0.25) is 0 Å². The summed E-state index contributed by atoms with van der Waals surface area (Å²) in [6, 6.07) is 32.6. The Balaban J connectivity index is 1.39. The number of rotatable bonds is 13. The van der Waals surface area contributed by atoms with Crippen molar-refractivity contribution in [3.05, 3.63) is 119 Å². The van der Waals surface area contributed by atoms with Crippen LogP contribution in [0.25, 0.3) is 38.5 Å². The number of thiazole rings is 1. The number of hydrogen-bond acceptors (Lipinski definition) is 9. The van der Waals surface area contributed by atoms with Gasteiger partial charge < -0.3 is 14.0 Å². The molecule has 0 amide bonds. The maximum Gasteiger partial charge on any atom is 0.263 e. The molecule has 0 atom stereocenters. The second kappa shape index (κ2) is 15.0. The van der Waals surface area contributed by atoms with Gasteiger partial charge in [0.2, 0.25) is 5.52 Å². The van der Waals surface area contributed by atoms with Gasteiger partial charge in [-0.05, 0) is 71.0 Å². The summed E-state index contributed by atoms with van der Waals surface area (Å²) in [5.41, 5.74) is 7.20. The Morgan fingerprint density at radius 2 is 1.39 bits per heavy atom. The van der Waals surface area contributed by atoms with Crippen molar-refractivity contribution < 1.29 is 30.5 Å². The summed E-state index contributed by atoms with van der Waals surface area (Å²) in [6.45, 7) is 2.79. The number of thioether (sulfide) groups is 1. The van der Waals surface area contributed by atoms with Crippen LogP contribution in [0.2, 0.25) is 0 Å². The van der Waals surface area contributed by atoms with Gasteiger partial charge in [0.25, 0.3) is 5.01 Å². The lowest BCUT2D eigenvalue weighted by molar-refractivity contribution is -0.668. The minimum atomic E-state index is -4.36. The van der Waals surface area contributed by atoms with Crippen molar-refractivity contribution in [1.29, 1.82) is 0 Å². The summed E-state index contributed by atoms with van der Waals surface area (Å²) < 4.78 is 71.9. The molecule has 0 unspecified atom stereocenters. The highest BCUT2D eigenvalue weighted by atomic mass is 32.2. The zero-order valence-electron chi connectivity index (χ0n) is 26.8. The van der Waals surface area contributed by atoms with Crippen LogP contribution in [0.3, 0.4) is 0 Å². The highest BCUT2D eigenvalue weighted by Crippen LogP contribution is 2.48. The van der Waals surface area contributed by atoms with E-state index in [0.29, 0.717) is 19.5 Å². The molecule has 49 heavy (non-hydrogen) atoms. The van der Waals surface area contributed by atoms with Crippen LogP contribution in [0.1, 0.15) is 31.2 Å². The normalized spacial score (nSPS) is 14.6. The average Bonchev–Trinajstić information content (AvgIpc) is 3.60. The number of benzene rings is 4. The maximum absolute atomic E-state index is 11.5. The van der Waals surface area contributed by atoms with Crippen LogP contribution < -0.4 is 9.47 Å². The van der Waals surface area contributed by atoms with E-state index in [0.717, 1.165) is 58.7 Å². The first-order valence-corrected chi connectivity index (χ1v) is 20.7. The summed E-state index contributed by atoms with van der Waals surface area (Å²) in [7, 11) is -8.71. The Kier molecular flexibility index (Phi) is 10.7. The van der Waals surface area contributed by atoms with E-state index >= 15 is 0 Å². The smallest absolute Gasteiger partial charge is 0.263 e. The summed E-state index contributed by atoms with van der Waals surface area (Å²) in [5, 5.41) is 1.85. The molecule has 5 aromatic rings. The van der Waals surface area contributed by atoms with Gasteiger partial charge in [-0.15, -0.1) is 0 Å². The zero-order chi connectivity index (χ0) is 34.6. The van der Waals surface area contributed by atoms with Gasteiger partial charge in [-0.25, -0.2) is 16.8 Å². The van der Waals surface area contributed by atoms with Gasteiger partial charge in [-0.2, -0.15) is 4.57 Å². The maximum atomic E-state index is 11.5. The van der Waals surface area contributed by atoms with Crippen LogP contribution in [-0.4, -0.2) is 44.0 Å². The number of aromatic nitrogens is 1. The van der Waals surface area contributed by atoms with E-state index in [1.54, 1.807) is 23.1 Å². The Bertz CT molecular complexity index is 2250. The van der Waals surface area contributed by atoms with Crippen molar-refractivity contribution >= 4 is 65.3 Å². The molecule has 1 aliphatic rings. The van der Waals surface area contributed by atoms with E-state index in [4.69, 9.17) is 0 Å². The first-order chi connectivity index (χ1) is 23.5. The molecule has 6 rings (SSSR count). The zero-order valence-corrected chi connectivity index (χ0v) is 30.1. The van der Waals surface area contributed by atoms with Crippen molar-refractivity contribution in [3.8, 4) is 22.3 Å². The molecule has 2 heterocycles. The molecule has 0 spiro atoms. The molecular weight excluding hydrogens is 697 g/mol. The second-order valence-corrected chi connectivity index (χ2v) is 16.9. The third-order valence-electron chi connectivity index (χ3n) is 8.25. The van der Waals surface area contributed by atoms with Gasteiger partial charge in [0.05, 0.1) is 31.0 Å². The molecule has 1 aliphatic heterocycles. The number of anilines is 1. The third kappa shape index (κ3) is 8.88. The monoisotopic (exact) mass is 731 g/mol. The minimum Gasteiger partial charge on any atom is -0.748 e. The number of aryl methyl sites for hydroxylation is 1. The van der Waals surface area contributed by atoms with Gasteiger partial charge >= 0.3 is 0 Å². The van der Waals surface area contributed by atoms with Crippen molar-refractivity contribution in [1.82, 2.24) is 0 Å². The Morgan fingerprint density at radius 3 is 2.02 bits per heavy atom. The SMILES string of the molecule is CCC(=Cc1sc2cc(-c3ccccc3)ccc2[n+]1CCCS(=O)(=O)[O-])C=C1Sc2ccc(-c3ccccc3)cc2N1CCCS(=O)(=O)[O-]. The molecule has 0 N–H and O–H groups in total. The molecule has 12 heteroatoms. The summed E-state index contributed by atoms with van der Waals surface area (Å²) in [6.07, 6.45) is 5.27. The van der Waals surface area contributed by atoms with Gasteiger partial charge in [0.1, 0.15) is 4.70 Å². The van der Waals surface area contributed by atoms with E-state index in [2.05, 4.69) is 71.0 Å². The van der Waals surface area contributed by atoms with Crippen molar-refractivity contribution in [2.45, 2.75) is 37.6 Å². The highest BCUT2D eigenvalue weighted by Gasteiger charge is 2.27. The molecule has 0 bridgehead atoms. The number of allylic oxidation sites excluding steroid dienone is 2. The van der Waals surface area contributed by atoms with E-state index in [9.17, 15) is 25.9 Å². The molecule has 254 valence electrons. The summed E-state index contributed by atoms with van der Waals surface area (Å²) >= 11 is 3.20. The lowest BCUT2D eigenvalue weighted by Gasteiger charge is -2.22. The van der Waals surface area contributed by atoms with Crippen LogP contribution in [0, 0.1) is 0 Å². The fourth-order valence-electron chi connectivity index (χ4n) is 5.86. The first kappa shape index (κ1) is 35.1. The molecule has 1 aromatic heterocycles. The predicted molar refractivity (Wildman–Crippen MR) is 197 cm³/mol. The summed E-state index contributed by atoms with van der Waals surface area (Å²) in [5.74, 6) is -0.890. The highest BCUT2D eigenvalue weighted by molar-refractivity contribution is 8.03. The van der Waals surface area contributed by atoms with E-state index in [1.165, 1.54) is 0 Å². The van der Waals surface area contributed by atoms with Gasteiger partial charge in [0, 0.05) is 41.5 Å². The predicted octanol–water partition coefficient (Wildman–Crippen LogP) is 7.64. The van der Waals surface area contributed by atoms with Crippen LogP contribution in [0.4, 0.5) is 5.69 Å². The molecule has 0 radical (unpaired) electrons. The topological polar surface area (TPSA) is 122 Å². The number of fused-ring (bicyclic) bond motifs is 2. The van der Waals surface area contributed by atoms with E-state index in [1.807, 2.05) is 54.6 Å². The Morgan fingerprint density at radius 1 is 0.776 bits per heavy atom. The van der Waals surface area contributed by atoms with E-state index < -0.39 is 31.7 Å². The van der Waals surface area contributed by atoms with Crippen molar-refractivity contribution in [2.24, 2.45) is 0 Å². The lowest BCUT2D eigenvalue weighted by atomic mass is 10.0. The fourth-order valence-corrected chi connectivity index (χ4v) is 9.18. The molecule has 4 aromatic carbocycles. The Hall–Kier alpha value is -3.78. The first-order valence-electron chi connectivity index (χ1n) is 15.9. The molecular formula is C37H35N2O6S4-. The van der Waals surface area contributed by atoms with Gasteiger partial charge in [-0.1, -0.05) is 96.8 Å². The third-order valence-corrected chi connectivity index (χ3v) is 12.0. The van der Waals surface area contributed by atoms with Crippen molar-refractivity contribution in [2.75, 3.05) is 23.0 Å². The van der Waals surface area contributed by atoms with Crippen LogP contribution in [0.15, 0.2) is 119 Å². The number of hydrogen-bond donors (Lipinski definition) is 0. The van der Waals surface area contributed by atoms with Crippen LogP contribution >= 0.6 is 23.1 Å². The van der Waals surface area contributed by atoms with Crippen molar-refractivity contribution in [3.63, 3.8) is 0 Å². The second-order valence-electron chi connectivity index (χ2n) is 11.7. The molecule has 8 nitrogen and oxygen atoms in total. The molecule has 0 saturated heterocycles.